The largest absolute Gasteiger partial charge is 0.496 e. The van der Waals surface area contributed by atoms with Gasteiger partial charge in [0.25, 0.3) is 11.5 Å². The zero-order valence-corrected chi connectivity index (χ0v) is 19.8. The molecule has 1 aromatic heterocycles. The van der Waals surface area contributed by atoms with Crippen LogP contribution in [-0.4, -0.2) is 65.0 Å². The first-order valence-electron chi connectivity index (χ1n) is 12.2. The number of likely N-dealkylation sites (tertiary alicyclic amines) is 1. The van der Waals surface area contributed by atoms with E-state index in [1.54, 1.807) is 19.2 Å². The maximum absolute atomic E-state index is 13.0. The van der Waals surface area contributed by atoms with Crippen molar-refractivity contribution in [3.63, 3.8) is 0 Å². The van der Waals surface area contributed by atoms with E-state index in [-0.39, 0.29) is 48.6 Å². The van der Waals surface area contributed by atoms with E-state index in [1.165, 1.54) is 4.90 Å². The molecule has 5 rings (SSSR count). The minimum absolute atomic E-state index is 0.0130. The first-order valence-corrected chi connectivity index (χ1v) is 12.2. The molecule has 3 aliphatic heterocycles. The van der Waals surface area contributed by atoms with Crippen LogP contribution in [-0.2, 0) is 22.6 Å². The molecule has 3 atom stereocenters. The number of rotatable bonds is 7. The molecule has 4 amide bonds. The molecule has 1 aromatic carbocycles. The minimum Gasteiger partial charge on any atom is -0.496 e. The summed E-state index contributed by atoms with van der Waals surface area (Å²) in [7, 11) is 1.59. The summed E-state index contributed by atoms with van der Waals surface area (Å²) in [5.41, 5.74) is 1.94. The molecule has 4 heterocycles. The fourth-order valence-corrected chi connectivity index (χ4v) is 5.65. The quantitative estimate of drug-likeness (QED) is 0.611. The average molecular weight is 479 g/mol. The van der Waals surface area contributed by atoms with Crippen molar-refractivity contribution in [3.8, 4) is 5.75 Å². The van der Waals surface area contributed by atoms with Crippen LogP contribution in [0.1, 0.15) is 36.4 Å². The minimum atomic E-state index is -0.687. The number of urea groups is 1. The molecule has 2 bridgehead atoms. The van der Waals surface area contributed by atoms with Gasteiger partial charge in [0.2, 0.25) is 5.91 Å². The van der Waals surface area contributed by atoms with Crippen molar-refractivity contribution >= 4 is 17.8 Å². The number of benzene rings is 1. The number of nitrogens with zero attached hydrogens (tertiary/aromatic N) is 3. The topological polar surface area (TPSA) is 101 Å². The predicted molar refractivity (Wildman–Crippen MR) is 128 cm³/mol. The molecule has 9 nitrogen and oxygen atoms in total. The van der Waals surface area contributed by atoms with E-state index in [9.17, 15) is 19.2 Å². The van der Waals surface area contributed by atoms with E-state index in [0.29, 0.717) is 26.1 Å². The molecule has 1 N–H and O–H groups in total. The number of hydrogen-bond acceptors (Lipinski definition) is 5. The molecule has 2 aromatic rings. The van der Waals surface area contributed by atoms with Crippen LogP contribution in [0.25, 0.3) is 0 Å². The Morgan fingerprint density at radius 3 is 2.71 bits per heavy atom. The van der Waals surface area contributed by atoms with Crippen LogP contribution >= 0.6 is 0 Å². The van der Waals surface area contributed by atoms with Crippen molar-refractivity contribution in [1.82, 2.24) is 19.7 Å². The number of ether oxygens (including phenoxy) is 1. The normalized spacial score (nSPS) is 23.2. The number of nitrogens with one attached hydrogen (secondary N) is 1. The molecule has 0 aliphatic carbocycles. The lowest BCUT2D eigenvalue weighted by molar-refractivity contribution is -0.134. The highest BCUT2D eigenvalue weighted by molar-refractivity contribution is 6.04. The fraction of sp³-hybridized carbons (Fsp3) is 0.462. The standard InChI is InChI=1S/C26H30N4O5/c1-35-22-7-3-2-5-18(22)11-12-29-25(33)20(27-26(29)34)9-10-23(31)28-14-17-13-19(16-28)21-6-4-8-24(32)30(21)15-17/h2-8,17,19-20H,9-16H2,1H3,(H,27,34)/t17-,19+,20+/m1/s1. The van der Waals surface area contributed by atoms with E-state index >= 15 is 0 Å². The summed E-state index contributed by atoms with van der Waals surface area (Å²) in [6.45, 7) is 2.08. The van der Waals surface area contributed by atoms with Crippen LogP contribution in [0.4, 0.5) is 4.79 Å². The van der Waals surface area contributed by atoms with Gasteiger partial charge >= 0.3 is 6.03 Å². The summed E-state index contributed by atoms with van der Waals surface area (Å²) in [5, 5.41) is 2.73. The summed E-state index contributed by atoms with van der Waals surface area (Å²) in [5.74, 6) is 0.824. The lowest BCUT2D eigenvalue weighted by Crippen LogP contribution is -2.49. The molecule has 0 unspecified atom stereocenters. The number of hydrogen-bond donors (Lipinski definition) is 1. The molecular formula is C26H30N4O5. The molecule has 0 radical (unpaired) electrons. The number of carbonyl (C=O) groups is 3. The summed E-state index contributed by atoms with van der Waals surface area (Å²) in [6, 6.07) is 11.8. The van der Waals surface area contributed by atoms with Gasteiger partial charge in [-0.25, -0.2) is 4.79 Å². The second-order valence-electron chi connectivity index (χ2n) is 9.59. The zero-order valence-electron chi connectivity index (χ0n) is 19.8. The molecule has 35 heavy (non-hydrogen) atoms. The van der Waals surface area contributed by atoms with Crippen LogP contribution in [0, 0.1) is 5.92 Å². The van der Waals surface area contributed by atoms with Crippen LogP contribution in [0.3, 0.4) is 0 Å². The lowest BCUT2D eigenvalue weighted by atomic mass is 9.83. The second kappa shape index (κ2) is 9.56. The van der Waals surface area contributed by atoms with Gasteiger partial charge in [-0.3, -0.25) is 19.3 Å². The number of amides is 4. The van der Waals surface area contributed by atoms with E-state index < -0.39 is 12.1 Å². The zero-order chi connectivity index (χ0) is 24.5. The Hall–Kier alpha value is -3.62. The van der Waals surface area contributed by atoms with Gasteiger partial charge in [0.05, 0.1) is 7.11 Å². The van der Waals surface area contributed by atoms with Crippen molar-refractivity contribution in [2.75, 3.05) is 26.7 Å². The summed E-state index contributed by atoms with van der Waals surface area (Å²) < 4.78 is 7.19. The molecular weight excluding hydrogens is 448 g/mol. The van der Waals surface area contributed by atoms with Gasteiger partial charge in [0.1, 0.15) is 11.8 Å². The number of methoxy groups -OCH3 is 1. The van der Waals surface area contributed by atoms with E-state index in [4.69, 9.17) is 4.74 Å². The number of imide groups is 1. The van der Waals surface area contributed by atoms with Gasteiger partial charge in [-0.15, -0.1) is 0 Å². The van der Waals surface area contributed by atoms with E-state index in [0.717, 1.165) is 23.4 Å². The maximum atomic E-state index is 13.0. The molecule has 0 saturated carbocycles. The molecule has 3 aliphatic rings. The predicted octanol–water partition coefficient (Wildman–Crippen LogP) is 1.75. The first kappa shape index (κ1) is 23.1. The van der Waals surface area contributed by atoms with Crippen molar-refractivity contribution in [2.45, 2.75) is 44.2 Å². The Morgan fingerprint density at radius 2 is 1.89 bits per heavy atom. The average Bonchev–Trinajstić information content (AvgIpc) is 3.14. The number of carbonyl (C=O) groups excluding carboxylic acids is 3. The molecule has 2 fully saturated rings. The SMILES string of the molecule is COc1ccccc1CCN1C(=O)N[C@@H](CCC(=O)N2C[C@H]3C[C@@H](C2)c2cccc(=O)n2C3)C1=O. The lowest BCUT2D eigenvalue weighted by Gasteiger charge is -2.42. The van der Waals surface area contributed by atoms with Gasteiger partial charge in [0.15, 0.2) is 0 Å². The molecule has 184 valence electrons. The van der Waals surface area contributed by atoms with Crippen molar-refractivity contribution in [3.05, 3.63) is 64.1 Å². The third-order valence-electron chi connectivity index (χ3n) is 7.38. The molecule has 2 saturated heterocycles. The number of pyridine rings is 1. The number of piperidine rings is 1. The smallest absolute Gasteiger partial charge is 0.324 e. The first-order chi connectivity index (χ1) is 16.9. The van der Waals surface area contributed by atoms with Crippen molar-refractivity contribution in [1.29, 1.82) is 0 Å². The van der Waals surface area contributed by atoms with Gasteiger partial charge in [-0.05, 0) is 42.9 Å². The second-order valence-corrected chi connectivity index (χ2v) is 9.59. The van der Waals surface area contributed by atoms with Crippen LogP contribution < -0.4 is 15.6 Å². The fourth-order valence-electron chi connectivity index (χ4n) is 5.65. The van der Waals surface area contributed by atoms with E-state index in [2.05, 4.69) is 5.32 Å². The number of aromatic nitrogens is 1. The van der Waals surface area contributed by atoms with Crippen molar-refractivity contribution in [2.24, 2.45) is 5.92 Å². The van der Waals surface area contributed by atoms with Gasteiger partial charge in [-0.1, -0.05) is 24.3 Å². The third kappa shape index (κ3) is 4.54. The number of fused-ring (bicyclic) bond motifs is 4. The monoisotopic (exact) mass is 478 g/mol. The Morgan fingerprint density at radius 1 is 1.06 bits per heavy atom. The summed E-state index contributed by atoms with van der Waals surface area (Å²) in [4.78, 5) is 53.6. The molecule has 0 spiro atoms. The Labute approximate surface area is 203 Å². The number of para-hydroxylation sites is 1. The van der Waals surface area contributed by atoms with E-state index in [1.807, 2.05) is 39.8 Å². The Balaban J connectivity index is 1.16. The highest BCUT2D eigenvalue weighted by Gasteiger charge is 2.39. The Bertz CT molecular complexity index is 1210. The van der Waals surface area contributed by atoms with Crippen LogP contribution in [0.5, 0.6) is 5.75 Å². The summed E-state index contributed by atoms with van der Waals surface area (Å²) >= 11 is 0. The van der Waals surface area contributed by atoms with Crippen LogP contribution in [0.15, 0.2) is 47.3 Å². The van der Waals surface area contributed by atoms with Gasteiger partial charge < -0.3 is 19.5 Å². The Kier molecular flexibility index (Phi) is 6.32. The third-order valence-corrected chi connectivity index (χ3v) is 7.38. The maximum Gasteiger partial charge on any atom is 0.324 e. The summed E-state index contributed by atoms with van der Waals surface area (Å²) in [6.07, 6.45) is 1.94. The van der Waals surface area contributed by atoms with Crippen LogP contribution in [0.2, 0.25) is 0 Å². The van der Waals surface area contributed by atoms with Gasteiger partial charge in [0, 0.05) is 50.3 Å². The highest BCUT2D eigenvalue weighted by Crippen LogP contribution is 2.35. The molecule has 9 heteroatoms. The highest BCUT2D eigenvalue weighted by atomic mass is 16.5. The van der Waals surface area contributed by atoms with Gasteiger partial charge in [-0.2, -0.15) is 0 Å². The van der Waals surface area contributed by atoms with Crippen molar-refractivity contribution < 1.29 is 19.1 Å².